The monoisotopic (exact) mass is 452 g/mol. The number of ketones is 1. The Kier molecular flexibility index (Phi) is 8.09. The van der Waals surface area contributed by atoms with Crippen molar-refractivity contribution in [2.24, 2.45) is 0 Å². The number of benzene rings is 1. The summed E-state index contributed by atoms with van der Waals surface area (Å²) in [5, 5.41) is 2.51. The van der Waals surface area contributed by atoms with Gasteiger partial charge in [-0.1, -0.05) is 38.5 Å². The lowest BCUT2D eigenvalue weighted by molar-refractivity contribution is 0.0974. The zero-order chi connectivity index (χ0) is 21.8. The molecule has 1 aromatic heterocycles. The highest BCUT2D eigenvalue weighted by Crippen LogP contribution is 2.37. The summed E-state index contributed by atoms with van der Waals surface area (Å²) in [6.07, 6.45) is 0.244. The van der Waals surface area contributed by atoms with Gasteiger partial charge in [-0.05, 0) is 44.1 Å². The number of hydrogen-bond donors (Lipinski definition) is 1. The zero-order valence-electron chi connectivity index (χ0n) is 18.4. The smallest absolute Gasteiger partial charge is 0.192 e. The summed E-state index contributed by atoms with van der Waals surface area (Å²) in [4.78, 5) is 17.7. The van der Waals surface area contributed by atoms with Crippen molar-refractivity contribution in [2.45, 2.75) is 76.7 Å². The van der Waals surface area contributed by atoms with Crippen molar-refractivity contribution in [2.75, 3.05) is 0 Å². The number of rotatable bonds is 9. The van der Waals surface area contributed by atoms with E-state index in [1.165, 1.54) is 11.3 Å². The SMILES string of the molecule is Cc1ccc([S@](=O)N[C@@H](C)CC(=O)c2nc(CO[Si](C)(C)C(C)(C)C)cs2)cc1. The number of Topliss-reactive ketones (excluding diaryl/α,β-unsaturated/α-hetero) is 1. The maximum Gasteiger partial charge on any atom is 0.192 e. The van der Waals surface area contributed by atoms with E-state index in [0.717, 1.165) is 11.3 Å². The molecule has 0 unspecified atom stereocenters. The van der Waals surface area contributed by atoms with Crippen molar-refractivity contribution in [3.63, 3.8) is 0 Å². The lowest BCUT2D eigenvalue weighted by Gasteiger charge is -2.35. The molecule has 8 heteroatoms. The molecule has 0 spiro atoms. The van der Waals surface area contributed by atoms with E-state index in [4.69, 9.17) is 4.43 Å². The molecular formula is C21H32N2O3S2Si. The number of nitrogens with zero attached hydrogens (tertiary/aromatic N) is 1. The first-order valence-corrected chi connectivity index (χ1v) is 14.7. The maximum absolute atomic E-state index is 12.6. The molecular weight excluding hydrogens is 420 g/mol. The largest absolute Gasteiger partial charge is 0.411 e. The van der Waals surface area contributed by atoms with Gasteiger partial charge in [-0.2, -0.15) is 0 Å². The Morgan fingerprint density at radius 1 is 1.28 bits per heavy atom. The van der Waals surface area contributed by atoms with Crippen LogP contribution in [0.25, 0.3) is 0 Å². The standard InChI is InChI=1S/C21H32N2O3S2Si/c1-15-8-10-18(11-9-15)28(25)23-16(2)12-19(24)20-22-17(14-27-20)13-26-29(6,7)21(3,4)5/h8-11,14,16,23H,12-13H2,1-7H3/t16-,28-/m0/s1. The Hall–Kier alpha value is -1.19. The van der Waals surface area contributed by atoms with Crippen LogP contribution < -0.4 is 4.72 Å². The number of carbonyl (C=O) groups is 1. The quantitative estimate of drug-likeness (QED) is 0.417. The third kappa shape index (κ3) is 6.93. The van der Waals surface area contributed by atoms with Crippen LogP contribution in [0.15, 0.2) is 34.5 Å². The van der Waals surface area contributed by atoms with Crippen LogP contribution in [0, 0.1) is 6.92 Å². The van der Waals surface area contributed by atoms with E-state index in [1.54, 1.807) is 0 Å². The molecule has 1 heterocycles. The van der Waals surface area contributed by atoms with Crippen molar-refractivity contribution in [3.8, 4) is 0 Å². The number of carbonyl (C=O) groups excluding carboxylic acids is 1. The van der Waals surface area contributed by atoms with Crippen LogP contribution in [-0.4, -0.2) is 29.3 Å². The number of hydrogen-bond acceptors (Lipinski definition) is 5. The predicted molar refractivity (Wildman–Crippen MR) is 123 cm³/mol. The highest BCUT2D eigenvalue weighted by molar-refractivity contribution is 7.83. The summed E-state index contributed by atoms with van der Waals surface area (Å²) in [5.74, 6) is -0.0468. The van der Waals surface area contributed by atoms with Crippen molar-refractivity contribution >= 4 is 36.4 Å². The Bertz CT molecular complexity index is 858. The Morgan fingerprint density at radius 2 is 1.90 bits per heavy atom. The first kappa shape index (κ1) is 24.1. The van der Waals surface area contributed by atoms with Gasteiger partial charge in [0.1, 0.15) is 11.0 Å². The summed E-state index contributed by atoms with van der Waals surface area (Å²) in [5.41, 5.74) is 1.91. The van der Waals surface area contributed by atoms with Crippen molar-refractivity contribution in [3.05, 3.63) is 45.9 Å². The number of aryl methyl sites for hydroxylation is 1. The molecule has 0 aliphatic carbocycles. The van der Waals surface area contributed by atoms with E-state index in [9.17, 15) is 9.00 Å². The van der Waals surface area contributed by atoms with Gasteiger partial charge in [0.25, 0.3) is 0 Å². The van der Waals surface area contributed by atoms with Crippen LogP contribution in [0.5, 0.6) is 0 Å². The summed E-state index contributed by atoms with van der Waals surface area (Å²) < 4.78 is 21.6. The normalized spacial score (nSPS) is 14.6. The molecule has 160 valence electrons. The van der Waals surface area contributed by atoms with Gasteiger partial charge in [0.05, 0.1) is 17.2 Å². The fraction of sp³-hybridized carbons (Fsp3) is 0.524. The van der Waals surface area contributed by atoms with Gasteiger partial charge >= 0.3 is 0 Å². The average Bonchev–Trinajstić information content (AvgIpc) is 3.08. The van der Waals surface area contributed by atoms with Crippen LogP contribution in [0.4, 0.5) is 0 Å². The van der Waals surface area contributed by atoms with Gasteiger partial charge in [0, 0.05) is 17.8 Å². The maximum atomic E-state index is 12.6. The topological polar surface area (TPSA) is 68.3 Å². The van der Waals surface area contributed by atoms with E-state index < -0.39 is 19.3 Å². The molecule has 0 amide bonds. The molecule has 0 saturated carbocycles. The van der Waals surface area contributed by atoms with Crippen molar-refractivity contribution in [1.29, 1.82) is 0 Å². The molecule has 2 aromatic rings. The van der Waals surface area contributed by atoms with Crippen LogP contribution in [0.2, 0.25) is 18.1 Å². The second-order valence-electron chi connectivity index (χ2n) is 8.92. The number of thiazole rings is 1. The molecule has 0 saturated heterocycles. The van der Waals surface area contributed by atoms with Crippen molar-refractivity contribution < 1.29 is 13.4 Å². The molecule has 2 atom stereocenters. The number of aromatic nitrogens is 1. The summed E-state index contributed by atoms with van der Waals surface area (Å²) in [6.45, 7) is 15.3. The lowest BCUT2D eigenvalue weighted by atomic mass is 10.2. The minimum absolute atomic E-state index is 0.0468. The minimum atomic E-state index is -1.85. The van der Waals surface area contributed by atoms with Crippen LogP contribution in [0.3, 0.4) is 0 Å². The zero-order valence-corrected chi connectivity index (χ0v) is 21.0. The molecule has 0 aliphatic rings. The predicted octanol–water partition coefficient (Wildman–Crippen LogP) is 5.25. The van der Waals surface area contributed by atoms with Gasteiger partial charge in [0.15, 0.2) is 19.1 Å². The molecule has 29 heavy (non-hydrogen) atoms. The second kappa shape index (κ2) is 9.74. The molecule has 0 radical (unpaired) electrons. The summed E-state index contributed by atoms with van der Waals surface area (Å²) in [7, 11) is -3.20. The third-order valence-electron chi connectivity index (χ3n) is 5.21. The lowest BCUT2D eigenvalue weighted by Crippen LogP contribution is -2.40. The Morgan fingerprint density at radius 3 is 2.48 bits per heavy atom. The summed E-state index contributed by atoms with van der Waals surface area (Å²) in [6, 6.07) is 7.30. The van der Waals surface area contributed by atoms with Gasteiger partial charge in [-0.25, -0.2) is 13.9 Å². The van der Waals surface area contributed by atoms with E-state index >= 15 is 0 Å². The van der Waals surface area contributed by atoms with E-state index in [1.807, 2.05) is 43.5 Å². The first-order valence-electron chi connectivity index (χ1n) is 9.75. The molecule has 0 fully saturated rings. The van der Waals surface area contributed by atoms with E-state index in [-0.39, 0.29) is 23.3 Å². The Balaban J connectivity index is 1.89. The van der Waals surface area contributed by atoms with Crippen LogP contribution in [-0.2, 0) is 22.0 Å². The summed E-state index contributed by atoms with van der Waals surface area (Å²) >= 11 is 1.35. The average molecular weight is 453 g/mol. The molecule has 2 rings (SSSR count). The van der Waals surface area contributed by atoms with Gasteiger partial charge in [-0.3, -0.25) is 4.79 Å². The second-order valence-corrected chi connectivity index (χ2v) is 15.8. The van der Waals surface area contributed by atoms with Crippen LogP contribution >= 0.6 is 11.3 Å². The van der Waals surface area contributed by atoms with Gasteiger partial charge in [-0.15, -0.1) is 11.3 Å². The van der Waals surface area contributed by atoms with Gasteiger partial charge in [0.2, 0.25) is 0 Å². The Labute approximate surface area is 182 Å². The fourth-order valence-corrected chi connectivity index (χ4v) is 4.95. The molecule has 1 N–H and O–H groups in total. The molecule has 0 bridgehead atoms. The van der Waals surface area contributed by atoms with Crippen molar-refractivity contribution in [1.82, 2.24) is 9.71 Å². The van der Waals surface area contributed by atoms with Gasteiger partial charge < -0.3 is 4.43 Å². The van der Waals surface area contributed by atoms with E-state index in [0.29, 0.717) is 16.5 Å². The molecule has 1 aromatic carbocycles. The minimum Gasteiger partial charge on any atom is -0.411 e. The highest BCUT2D eigenvalue weighted by Gasteiger charge is 2.37. The fourth-order valence-electron chi connectivity index (χ4n) is 2.29. The number of nitrogens with one attached hydrogen (secondary N) is 1. The molecule has 0 aliphatic heterocycles. The van der Waals surface area contributed by atoms with Crippen LogP contribution in [0.1, 0.15) is 55.2 Å². The highest BCUT2D eigenvalue weighted by atomic mass is 32.2. The van der Waals surface area contributed by atoms with E-state index in [2.05, 4.69) is 43.6 Å². The first-order chi connectivity index (χ1) is 13.4. The third-order valence-corrected chi connectivity index (χ3v) is 11.9. The molecule has 5 nitrogen and oxygen atoms in total.